The van der Waals surface area contributed by atoms with Crippen molar-refractivity contribution in [1.29, 1.82) is 0 Å². The van der Waals surface area contributed by atoms with Crippen molar-refractivity contribution < 1.29 is 8.78 Å². The quantitative estimate of drug-likeness (QED) is 0.799. The highest BCUT2D eigenvalue weighted by molar-refractivity contribution is 5.17. The van der Waals surface area contributed by atoms with Crippen LogP contribution in [-0.2, 0) is 18.9 Å². The first-order valence-electron chi connectivity index (χ1n) is 6.39. The Morgan fingerprint density at radius 2 is 2.12 bits per heavy atom. The minimum Gasteiger partial charge on any atom is -0.243 e. The average Bonchev–Trinajstić information content (AvgIpc) is 2.71. The summed E-state index contributed by atoms with van der Waals surface area (Å²) in [6.07, 6.45) is 3.06. The zero-order chi connectivity index (χ0) is 12.5. The molecule has 0 aliphatic heterocycles. The third-order valence-corrected chi connectivity index (χ3v) is 3.68. The summed E-state index contributed by atoms with van der Waals surface area (Å²) in [5.41, 5.74) is 0.546. The van der Waals surface area contributed by atoms with Gasteiger partial charge < -0.3 is 0 Å². The number of halogens is 2. The predicted octanol–water partition coefficient (Wildman–Crippen LogP) is 3.14. The van der Waals surface area contributed by atoms with Crippen LogP contribution < -0.4 is 0 Å². The zero-order valence-corrected chi connectivity index (χ0v) is 10.4. The first kappa shape index (κ1) is 12.5. The second-order valence-electron chi connectivity index (χ2n) is 4.76. The van der Waals surface area contributed by atoms with Crippen LogP contribution in [-0.4, -0.2) is 15.0 Å². The summed E-state index contributed by atoms with van der Waals surface area (Å²) < 4.78 is 29.6. The highest BCUT2D eigenvalue weighted by Gasteiger charge is 2.40. The number of aromatic nitrogens is 3. The topological polar surface area (TPSA) is 30.7 Å². The van der Waals surface area contributed by atoms with E-state index in [1.807, 2.05) is 6.92 Å². The first-order valence-corrected chi connectivity index (χ1v) is 6.39. The van der Waals surface area contributed by atoms with E-state index in [2.05, 4.69) is 17.2 Å². The monoisotopic (exact) mass is 243 g/mol. The lowest BCUT2D eigenvalue weighted by Crippen LogP contribution is -2.24. The smallest absolute Gasteiger partial charge is 0.243 e. The third-order valence-electron chi connectivity index (χ3n) is 3.68. The first-order chi connectivity index (χ1) is 8.08. The van der Waals surface area contributed by atoms with Gasteiger partial charge in [0.2, 0.25) is 0 Å². The van der Waals surface area contributed by atoms with Crippen molar-refractivity contribution >= 4 is 0 Å². The molecule has 3 nitrogen and oxygen atoms in total. The molecule has 5 heteroatoms. The molecule has 17 heavy (non-hydrogen) atoms. The summed E-state index contributed by atoms with van der Waals surface area (Å²) in [5, 5.41) is 7.76. The predicted molar refractivity (Wildman–Crippen MR) is 60.9 cm³/mol. The molecule has 0 amide bonds. The minimum absolute atomic E-state index is 0.0505. The summed E-state index contributed by atoms with van der Waals surface area (Å²) in [7, 11) is 0. The second-order valence-corrected chi connectivity index (χ2v) is 4.76. The van der Waals surface area contributed by atoms with Crippen molar-refractivity contribution in [2.75, 3.05) is 0 Å². The Bertz CT molecular complexity index is 387. The number of hydrogen-bond donors (Lipinski definition) is 0. The van der Waals surface area contributed by atoms with E-state index in [0.29, 0.717) is 31.0 Å². The maximum atomic E-state index is 14.1. The van der Waals surface area contributed by atoms with Gasteiger partial charge in [-0.1, -0.05) is 18.6 Å². The van der Waals surface area contributed by atoms with E-state index in [1.165, 1.54) is 4.68 Å². The highest BCUT2D eigenvalue weighted by atomic mass is 19.3. The number of aryl methyl sites for hydroxylation is 2. The van der Waals surface area contributed by atoms with Crippen LogP contribution in [0.4, 0.5) is 8.78 Å². The van der Waals surface area contributed by atoms with Crippen LogP contribution in [0.25, 0.3) is 0 Å². The molecule has 1 heterocycles. The van der Waals surface area contributed by atoms with E-state index in [0.717, 1.165) is 12.8 Å². The van der Waals surface area contributed by atoms with Crippen molar-refractivity contribution in [3.8, 4) is 0 Å². The molecule has 0 saturated carbocycles. The molecule has 0 aromatic carbocycles. The molecule has 1 unspecified atom stereocenters. The molecular formula is C12H19F2N3. The molecule has 1 aliphatic rings. The van der Waals surface area contributed by atoms with Crippen molar-refractivity contribution in [3.05, 3.63) is 11.4 Å². The molecule has 0 N–H and O–H groups in total. The summed E-state index contributed by atoms with van der Waals surface area (Å²) in [6.45, 7) is 4.34. The normalized spacial score (nSPS) is 23.9. The van der Waals surface area contributed by atoms with E-state index in [1.54, 1.807) is 0 Å². The van der Waals surface area contributed by atoms with Crippen molar-refractivity contribution in [3.63, 3.8) is 0 Å². The lowest BCUT2D eigenvalue weighted by atomic mass is 9.88. The summed E-state index contributed by atoms with van der Waals surface area (Å²) in [6, 6.07) is 0. The van der Waals surface area contributed by atoms with E-state index in [-0.39, 0.29) is 12.1 Å². The van der Waals surface area contributed by atoms with Crippen LogP contribution >= 0.6 is 0 Å². The van der Waals surface area contributed by atoms with Gasteiger partial charge in [-0.25, -0.2) is 4.68 Å². The van der Waals surface area contributed by atoms with Crippen LogP contribution in [0, 0.1) is 5.92 Å². The van der Waals surface area contributed by atoms with Gasteiger partial charge in [0.1, 0.15) is 5.69 Å². The molecule has 1 aromatic rings. The van der Waals surface area contributed by atoms with Crippen LogP contribution in [0.2, 0.25) is 0 Å². The van der Waals surface area contributed by atoms with Crippen molar-refractivity contribution in [2.45, 2.75) is 58.4 Å². The van der Waals surface area contributed by atoms with Gasteiger partial charge in [0.05, 0.1) is 5.69 Å². The summed E-state index contributed by atoms with van der Waals surface area (Å²) in [5.74, 6) is -2.39. The van der Waals surface area contributed by atoms with Crippen molar-refractivity contribution in [1.82, 2.24) is 15.0 Å². The van der Waals surface area contributed by atoms with Gasteiger partial charge in [-0.15, -0.1) is 5.10 Å². The number of fused-ring (bicyclic) bond motifs is 1. The van der Waals surface area contributed by atoms with Crippen LogP contribution in [0.3, 0.4) is 0 Å². The molecule has 1 atom stereocenters. The SMILES string of the molecule is CCC1CCc2nnn(CC)c2C(F)(F)CC1. The molecule has 0 spiro atoms. The molecule has 0 fully saturated rings. The van der Waals surface area contributed by atoms with Crippen LogP contribution in [0.1, 0.15) is 50.9 Å². The summed E-state index contributed by atoms with van der Waals surface area (Å²) in [4.78, 5) is 0. The van der Waals surface area contributed by atoms with Crippen molar-refractivity contribution in [2.24, 2.45) is 5.92 Å². The standard InChI is InChI=1S/C12H19F2N3/c1-3-9-5-6-10-11(12(13,14)8-7-9)17(4-2)16-15-10/h9H,3-8H2,1-2H3. The zero-order valence-electron chi connectivity index (χ0n) is 10.4. The molecule has 0 saturated heterocycles. The van der Waals surface area contributed by atoms with Gasteiger partial charge in [-0.05, 0) is 32.1 Å². The number of hydrogen-bond acceptors (Lipinski definition) is 2. The van der Waals surface area contributed by atoms with E-state index >= 15 is 0 Å². The second kappa shape index (κ2) is 4.70. The number of alkyl halides is 2. The van der Waals surface area contributed by atoms with Gasteiger partial charge in [0.25, 0.3) is 5.92 Å². The molecule has 96 valence electrons. The number of nitrogens with zero attached hydrogens (tertiary/aromatic N) is 3. The molecule has 0 radical (unpaired) electrons. The number of rotatable bonds is 2. The fourth-order valence-electron chi connectivity index (χ4n) is 2.54. The fraction of sp³-hybridized carbons (Fsp3) is 0.833. The van der Waals surface area contributed by atoms with Gasteiger partial charge >= 0.3 is 0 Å². The Balaban J connectivity index is 2.35. The Morgan fingerprint density at radius 3 is 2.76 bits per heavy atom. The Kier molecular flexibility index (Phi) is 3.45. The fourth-order valence-corrected chi connectivity index (χ4v) is 2.54. The summed E-state index contributed by atoms with van der Waals surface area (Å²) >= 11 is 0. The van der Waals surface area contributed by atoms with Gasteiger partial charge in [-0.2, -0.15) is 8.78 Å². The highest BCUT2D eigenvalue weighted by Crippen LogP contribution is 2.39. The molecule has 1 aromatic heterocycles. The largest absolute Gasteiger partial charge is 0.291 e. The van der Waals surface area contributed by atoms with E-state index < -0.39 is 5.92 Å². The lowest BCUT2D eigenvalue weighted by Gasteiger charge is -2.24. The van der Waals surface area contributed by atoms with Gasteiger partial charge in [-0.3, -0.25) is 0 Å². The van der Waals surface area contributed by atoms with E-state index in [9.17, 15) is 8.78 Å². The van der Waals surface area contributed by atoms with Crippen LogP contribution in [0.5, 0.6) is 0 Å². The Labute approximate surface area is 100 Å². The average molecular weight is 243 g/mol. The molecule has 1 aliphatic carbocycles. The molecular weight excluding hydrogens is 224 g/mol. The van der Waals surface area contributed by atoms with E-state index in [4.69, 9.17) is 0 Å². The molecule has 0 bridgehead atoms. The Morgan fingerprint density at radius 1 is 1.35 bits per heavy atom. The van der Waals surface area contributed by atoms with Gasteiger partial charge in [0.15, 0.2) is 0 Å². The maximum absolute atomic E-state index is 14.1. The van der Waals surface area contributed by atoms with Crippen LogP contribution in [0.15, 0.2) is 0 Å². The third kappa shape index (κ3) is 2.33. The Hall–Kier alpha value is -1.00. The van der Waals surface area contributed by atoms with Gasteiger partial charge in [0, 0.05) is 13.0 Å². The molecule has 2 rings (SSSR count). The minimum atomic E-state index is -2.78. The maximum Gasteiger partial charge on any atom is 0.291 e. The lowest BCUT2D eigenvalue weighted by molar-refractivity contribution is -0.0309.